The van der Waals surface area contributed by atoms with Gasteiger partial charge in [-0.2, -0.15) is 0 Å². The van der Waals surface area contributed by atoms with Crippen molar-refractivity contribution in [3.8, 4) is 22.6 Å². The first-order valence-corrected chi connectivity index (χ1v) is 9.53. The maximum atomic E-state index is 10.5. The molecule has 2 aromatic carbocycles. The lowest BCUT2D eigenvalue weighted by molar-refractivity contribution is 0.194. The third-order valence-electron chi connectivity index (χ3n) is 4.78. The van der Waals surface area contributed by atoms with Gasteiger partial charge in [-0.25, -0.2) is 4.98 Å². The first-order chi connectivity index (χ1) is 13.5. The second-order valence-electron chi connectivity index (χ2n) is 6.86. The molecule has 1 aliphatic rings. The highest BCUT2D eigenvalue weighted by Crippen LogP contribution is 2.38. The van der Waals surface area contributed by atoms with Crippen molar-refractivity contribution < 1.29 is 14.9 Å². The number of rotatable bonds is 3. The summed E-state index contributed by atoms with van der Waals surface area (Å²) in [6.07, 6.45) is -0.631. The average Bonchev–Trinajstić information content (AvgIpc) is 2.91. The van der Waals surface area contributed by atoms with Gasteiger partial charge in [-0.3, -0.25) is 0 Å². The van der Waals surface area contributed by atoms with Crippen molar-refractivity contribution in [3.05, 3.63) is 70.9 Å². The highest BCUT2D eigenvalue weighted by Gasteiger charge is 2.21. The van der Waals surface area contributed by atoms with Gasteiger partial charge in [0.05, 0.1) is 18.3 Å². The van der Waals surface area contributed by atoms with E-state index in [9.17, 15) is 10.2 Å². The Bertz CT molecular complexity index is 1010. The topological polar surface area (TPSA) is 65.8 Å². The van der Waals surface area contributed by atoms with Crippen LogP contribution in [0.2, 0.25) is 5.02 Å². The van der Waals surface area contributed by atoms with E-state index < -0.39 is 6.10 Å². The summed E-state index contributed by atoms with van der Waals surface area (Å²) in [6, 6.07) is 16.8. The molecule has 5 nitrogen and oxygen atoms in total. The van der Waals surface area contributed by atoms with Crippen molar-refractivity contribution >= 4 is 17.4 Å². The number of benzene rings is 2. The van der Waals surface area contributed by atoms with Gasteiger partial charge in [0.2, 0.25) is 0 Å². The Hall–Kier alpha value is -2.76. The zero-order valence-electron chi connectivity index (χ0n) is 15.5. The Morgan fingerprint density at radius 3 is 2.71 bits per heavy atom. The number of hydrogen-bond acceptors (Lipinski definition) is 5. The SMILES string of the molecule is CC(O)c1cccc(N2CCOc3c(O)cc(-c4cccc(Cl)c4)cc3C2)n1. The van der Waals surface area contributed by atoms with Crippen molar-refractivity contribution in [1.82, 2.24) is 4.98 Å². The molecule has 0 fully saturated rings. The Labute approximate surface area is 168 Å². The van der Waals surface area contributed by atoms with Crippen molar-refractivity contribution in [2.45, 2.75) is 19.6 Å². The Balaban J connectivity index is 1.71. The first kappa shape index (κ1) is 18.6. The number of aliphatic hydroxyl groups excluding tert-OH is 1. The van der Waals surface area contributed by atoms with E-state index in [1.54, 1.807) is 19.1 Å². The minimum absolute atomic E-state index is 0.111. The summed E-state index contributed by atoms with van der Waals surface area (Å²) in [6.45, 7) is 3.28. The summed E-state index contributed by atoms with van der Waals surface area (Å²) in [4.78, 5) is 6.65. The van der Waals surface area contributed by atoms with Crippen LogP contribution in [0.1, 0.15) is 24.3 Å². The predicted octanol–water partition coefficient (Wildman–Crippen LogP) is 4.56. The molecule has 28 heavy (non-hydrogen) atoms. The number of aromatic nitrogens is 1. The van der Waals surface area contributed by atoms with Gasteiger partial charge in [-0.05, 0) is 54.4 Å². The lowest BCUT2D eigenvalue weighted by atomic mass is 10.0. The van der Waals surface area contributed by atoms with Crippen molar-refractivity contribution in [2.24, 2.45) is 0 Å². The van der Waals surface area contributed by atoms with Crippen LogP contribution in [-0.2, 0) is 6.54 Å². The molecule has 0 radical (unpaired) electrons. The van der Waals surface area contributed by atoms with Gasteiger partial charge in [0.25, 0.3) is 0 Å². The van der Waals surface area contributed by atoms with Crippen LogP contribution in [0.25, 0.3) is 11.1 Å². The molecular formula is C22H21ClN2O3. The van der Waals surface area contributed by atoms with E-state index in [1.807, 2.05) is 42.5 Å². The number of ether oxygens (including phenoxy) is 1. The standard InChI is InChI=1S/C22H21ClN2O3/c1-14(26)19-6-3-7-21(24-19)25-8-9-28-22-17(13-25)10-16(12-20(22)27)15-4-2-5-18(23)11-15/h2-7,10-12,14,26-27H,8-9,13H2,1H3. The molecule has 0 spiro atoms. The highest BCUT2D eigenvalue weighted by molar-refractivity contribution is 6.30. The molecule has 1 unspecified atom stereocenters. The van der Waals surface area contributed by atoms with Gasteiger partial charge in [-0.1, -0.05) is 29.8 Å². The molecule has 2 N–H and O–H groups in total. The summed E-state index contributed by atoms with van der Waals surface area (Å²) in [5.74, 6) is 1.38. The summed E-state index contributed by atoms with van der Waals surface area (Å²) >= 11 is 6.12. The maximum absolute atomic E-state index is 10.5. The monoisotopic (exact) mass is 396 g/mol. The first-order valence-electron chi connectivity index (χ1n) is 9.16. The number of phenolic OH excluding ortho intramolecular Hbond substituents is 1. The molecule has 144 valence electrons. The Morgan fingerprint density at radius 1 is 1.11 bits per heavy atom. The van der Waals surface area contributed by atoms with E-state index in [0.29, 0.717) is 36.2 Å². The molecule has 0 saturated heterocycles. The van der Waals surface area contributed by atoms with Gasteiger partial charge in [-0.15, -0.1) is 0 Å². The highest BCUT2D eigenvalue weighted by atomic mass is 35.5. The average molecular weight is 397 g/mol. The molecule has 6 heteroatoms. The number of aliphatic hydroxyl groups is 1. The number of pyridine rings is 1. The molecular weight excluding hydrogens is 376 g/mol. The number of fused-ring (bicyclic) bond motifs is 1. The van der Waals surface area contributed by atoms with Crippen LogP contribution in [0.4, 0.5) is 5.82 Å². The second-order valence-corrected chi connectivity index (χ2v) is 7.30. The summed E-state index contributed by atoms with van der Waals surface area (Å²) in [7, 11) is 0. The van der Waals surface area contributed by atoms with E-state index in [1.165, 1.54) is 0 Å². The zero-order valence-corrected chi connectivity index (χ0v) is 16.2. The van der Waals surface area contributed by atoms with Gasteiger partial charge < -0.3 is 19.8 Å². The van der Waals surface area contributed by atoms with Crippen LogP contribution in [0.15, 0.2) is 54.6 Å². The zero-order chi connectivity index (χ0) is 19.7. The van der Waals surface area contributed by atoms with E-state index >= 15 is 0 Å². The number of halogens is 1. The van der Waals surface area contributed by atoms with E-state index in [0.717, 1.165) is 22.5 Å². The van der Waals surface area contributed by atoms with Crippen molar-refractivity contribution in [1.29, 1.82) is 0 Å². The number of aromatic hydroxyl groups is 1. The molecule has 3 aromatic rings. The fraction of sp³-hybridized carbons (Fsp3) is 0.227. The van der Waals surface area contributed by atoms with Crippen LogP contribution in [0.5, 0.6) is 11.5 Å². The van der Waals surface area contributed by atoms with Gasteiger partial charge >= 0.3 is 0 Å². The summed E-state index contributed by atoms with van der Waals surface area (Å²) in [5.41, 5.74) is 3.29. The predicted molar refractivity (Wildman–Crippen MR) is 110 cm³/mol. The molecule has 0 amide bonds. The van der Waals surface area contributed by atoms with Gasteiger partial charge in [0, 0.05) is 17.1 Å². The molecule has 1 aliphatic heterocycles. The summed E-state index contributed by atoms with van der Waals surface area (Å²) in [5, 5.41) is 21.0. The van der Waals surface area contributed by atoms with E-state index in [2.05, 4.69) is 9.88 Å². The third-order valence-corrected chi connectivity index (χ3v) is 5.02. The van der Waals surface area contributed by atoms with E-state index in [-0.39, 0.29) is 5.75 Å². The fourth-order valence-electron chi connectivity index (χ4n) is 3.38. The molecule has 0 aliphatic carbocycles. The van der Waals surface area contributed by atoms with Crippen LogP contribution in [0, 0.1) is 0 Å². The minimum atomic E-state index is -0.631. The summed E-state index contributed by atoms with van der Waals surface area (Å²) < 4.78 is 5.83. The normalized spacial score (nSPS) is 14.8. The van der Waals surface area contributed by atoms with Crippen LogP contribution in [-0.4, -0.2) is 28.3 Å². The quantitative estimate of drug-likeness (QED) is 0.679. The molecule has 1 aromatic heterocycles. The minimum Gasteiger partial charge on any atom is -0.504 e. The smallest absolute Gasteiger partial charge is 0.166 e. The maximum Gasteiger partial charge on any atom is 0.166 e. The van der Waals surface area contributed by atoms with Gasteiger partial charge in [0.1, 0.15) is 12.4 Å². The molecule has 1 atom stereocenters. The Kier molecular flexibility index (Phi) is 5.11. The number of hydrogen-bond donors (Lipinski definition) is 2. The number of phenols is 1. The van der Waals surface area contributed by atoms with Crippen LogP contribution >= 0.6 is 11.6 Å². The van der Waals surface area contributed by atoms with Crippen LogP contribution < -0.4 is 9.64 Å². The lowest BCUT2D eigenvalue weighted by Gasteiger charge is -2.22. The second kappa shape index (κ2) is 7.70. The lowest BCUT2D eigenvalue weighted by Crippen LogP contribution is -2.26. The fourth-order valence-corrected chi connectivity index (χ4v) is 3.57. The third kappa shape index (κ3) is 3.77. The Morgan fingerprint density at radius 2 is 1.93 bits per heavy atom. The number of nitrogens with zero attached hydrogens (tertiary/aromatic N) is 2. The molecule has 0 bridgehead atoms. The van der Waals surface area contributed by atoms with Crippen molar-refractivity contribution in [3.63, 3.8) is 0 Å². The molecule has 2 heterocycles. The van der Waals surface area contributed by atoms with Crippen molar-refractivity contribution in [2.75, 3.05) is 18.1 Å². The molecule has 4 rings (SSSR count). The van der Waals surface area contributed by atoms with Gasteiger partial charge in [0.15, 0.2) is 11.5 Å². The van der Waals surface area contributed by atoms with E-state index in [4.69, 9.17) is 16.3 Å². The largest absolute Gasteiger partial charge is 0.504 e. The molecule has 0 saturated carbocycles. The van der Waals surface area contributed by atoms with Crippen LogP contribution in [0.3, 0.4) is 0 Å². The number of anilines is 1.